The van der Waals surface area contributed by atoms with Crippen LogP contribution in [0.1, 0.15) is 24.8 Å². The molecule has 0 radical (unpaired) electrons. The molecule has 1 atom stereocenters. The molecular weight excluding hydrogens is 271 g/mol. The van der Waals surface area contributed by atoms with Crippen molar-refractivity contribution in [3.05, 3.63) is 53.8 Å². The summed E-state index contributed by atoms with van der Waals surface area (Å²) in [5.41, 5.74) is 2.36. The normalized spacial score (nSPS) is 12.0. The number of ether oxygens (including phenoxy) is 1. The predicted molar refractivity (Wildman–Crippen MR) is 79.1 cm³/mol. The highest BCUT2D eigenvalue weighted by molar-refractivity contribution is 5.72. The Morgan fingerprint density at radius 1 is 1.29 bits per heavy atom. The van der Waals surface area contributed by atoms with Gasteiger partial charge in [-0.15, -0.1) is 0 Å². The lowest BCUT2D eigenvalue weighted by atomic mass is 9.94. The second kappa shape index (κ2) is 6.39. The SMILES string of the molecule is COc1ccc(F)cc1-c1cccc(C(C)CC(=O)O)c1. The van der Waals surface area contributed by atoms with Crippen LogP contribution in [0.5, 0.6) is 5.75 Å². The van der Waals surface area contributed by atoms with Crippen molar-refractivity contribution in [2.45, 2.75) is 19.3 Å². The van der Waals surface area contributed by atoms with E-state index in [0.717, 1.165) is 11.1 Å². The molecule has 0 heterocycles. The molecule has 4 heteroatoms. The van der Waals surface area contributed by atoms with Crippen LogP contribution < -0.4 is 4.74 Å². The van der Waals surface area contributed by atoms with Gasteiger partial charge in [0.25, 0.3) is 0 Å². The number of methoxy groups -OCH3 is 1. The molecular formula is C17H17FO3. The van der Waals surface area contributed by atoms with Gasteiger partial charge in [0.1, 0.15) is 11.6 Å². The second-order valence-electron chi connectivity index (χ2n) is 4.97. The molecule has 2 rings (SSSR count). The molecule has 0 bridgehead atoms. The van der Waals surface area contributed by atoms with Gasteiger partial charge in [0, 0.05) is 5.56 Å². The third-order valence-electron chi connectivity index (χ3n) is 3.41. The number of carbonyl (C=O) groups is 1. The lowest BCUT2D eigenvalue weighted by molar-refractivity contribution is -0.137. The molecule has 0 aliphatic heterocycles. The molecule has 0 amide bonds. The molecule has 2 aromatic rings. The first-order valence-electron chi connectivity index (χ1n) is 6.67. The molecule has 1 unspecified atom stereocenters. The van der Waals surface area contributed by atoms with E-state index in [1.165, 1.54) is 19.2 Å². The lowest BCUT2D eigenvalue weighted by Gasteiger charge is -2.13. The van der Waals surface area contributed by atoms with Gasteiger partial charge in [0.2, 0.25) is 0 Å². The summed E-state index contributed by atoms with van der Waals surface area (Å²) in [7, 11) is 1.54. The molecule has 0 fully saturated rings. The Balaban J connectivity index is 2.41. The van der Waals surface area contributed by atoms with Crippen molar-refractivity contribution in [1.82, 2.24) is 0 Å². The molecule has 0 spiro atoms. The highest BCUT2D eigenvalue weighted by Gasteiger charge is 2.13. The molecule has 3 nitrogen and oxygen atoms in total. The van der Waals surface area contributed by atoms with Gasteiger partial charge >= 0.3 is 5.97 Å². The standard InChI is InChI=1S/C17H17FO3/c1-11(8-17(19)20)12-4-3-5-13(9-12)15-10-14(18)6-7-16(15)21-2/h3-7,9-11H,8H2,1-2H3,(H,19,20). The van der Waals surface area contributed by atoms with E-state index in [9.17, 15) is 9.18 Å². The number of benzene rings is 2. The van der Waals surface area contributed by atoms with Crippen molar-refractivity contribution in [1.29, 1.82) is 0 Å². The third-order valence-corrected chi connectivity index (χ3v) is 3.41. The van der Waals surface area contributed by atoms with Gasteiger partial charge in [-0.25, -0.2) is 4.39 Å². The van der Waals surface area contributed by atoms with Gasteiger partial charge < -0.3 is 9.84 Å². The van der Waals surface area contributed by atoms with Gasteiger partial charge in [-0.1, -0.05) is 31.2 Å². The van der Waals surface area contributed by atoms with E-state index < -0.39 is 5.97 Å². The lowest BCUT2D eigenvalue weighted by Crippen LogP contribution is -2.03. The zero-order chi connectivity index (χ0) is 15.4. The van der Waals surface area contributed by atoms with Crippen molar-refractivity contribution in [2.75, 3.05) is 7.11 Å². The summed E-state index contributed by atoms with van der Waals surface area (Å²) in [6.45, 7) is 1.86. The van der Waals surface area contributed by atoms with Crippen molar-refractivity contribution in [2.24, 2.45) is 0 Å². The first kappa shape index (κ1) is 15.0. The number of hydrogen-bond acceptors (Lipinski definition) is 2. The summed E-state index contributed by atoms with van der Waals surface area (Å²) < 4.78 is 18.7. The first-order chi connectivity index (χ1) is 10.0. The third kappa shape index (κ3) is 3.60. The Bertz CT molecular complexity index is 652. The van der Waals surface area contributed by atoms with Crippen LogP contribution in [-0.4, -0.2) is 18.2 Å². The number of hydrogen-bond donors (Lipinski definition) is 1. The maximum Gasteiger partial charge on any atom is 0.303 e. The van der Waals surface area contributed by atoms with E-state index >= 15 is 0 Å². The van der Waals surface area contributed by atoms with Gasteiger partial charge in [0.05, 0.1) is 13.5 Å². The van der Waals surface area contributed by atoms with Gasteiger partial charge in [-0.2, -0.15) is 0 Å². The van der Waals surface area contributed by atoms with E-state index in [2.05, 4.69) is 0 Å². The average molecular weight is 288 g/mol. The molecule has 1 N–H and O–H groups in total. The van der Waals surface area contributed by atoms with Crippen LogP contribution in [-0.2, 0) is 4.79 Å². The van der Waals surface area contributed by atoms with Crippen molar-refractivity contribution < 1.29 is 19.0 Å². The molecule has 0 saturated heterocycles. The largest absolute Gasteiger partial charge is 0.496 e. The smallest absolute Gasteiger partial charge is 0.303 e. The fourth-order valence-corrected chi connectivity index (χ4v) is 2.30. The van der Waals surface area contributed by atoms with E-state index in [0.29, 0.717) is 11.3 Å². The van der Waals surface area contributed by atoms with Crippen LogP contribution in [0.15, 0.2) is 42.5 Å². The minimum atomic E-state index is -0.837. The molecule has 0 saturated carbocycles. The number of carboxylic acid groups (broad SMARTS) is 1. The molecule has 0 aromatic heterocycles. The average Bonchev–Trinajstić information content (AvgIpc) is 2.46. The summed E-state index contributed by atoms with van der Waals surface area (Å²) in [5.74, 6) is -0.701. The van der Waals surface area contributed by atoms with E-state index in [1.807, 2.05) is 31.2 Å². The van der Waals surface area contributed by atoms with E-state index in [1.54, 1.807) is 6.07 Å². The highest BCUT2D eigenvalue weighted by Crippen LogP contribution is 2.32. The zero-order valence-electron chi connectivity index (χ0n) is 12.0. The molecule has 2 aromatic carbocycles. The Kier molecular flexibility index (Phi) is 4.58. The maximum atomic E-state index is 13.5. The van der Waals surface area contributed by atoms with Crippen LogP contribution in [0.3, 0.4) is 0 Å². The minimum Gasteiger partial charge on any atom is -0.496 e. The van der Waals surface area contributed by atoms with E-state index in [-0.39, 0.29) is 18.2 Å². The minimum absolute atomic E-state index is 0.0593. The van der Waals surface area contributed by atoms with Gasteiger partial charge in [-0.3, -0.25) is 4.79 Å². The van der Waals surface area contributed by atoms with Gasteiger partial charge in [-0.05, 0) is 35.2 Å². The zero-order valence-corrected chi connectivity index (χ0v) is 12.0. The second-order valence-corrected chi connectivity index (χ2v) is 4.97. The summed E-state index contributed by atoms with van der Waals surface area (Å²) in [6, 6.07) is 11.8. The monoisotopic (exact) mass is 288 g/mol. The fraction of sp³-hybridized carbons (Fsp3) is 0.235. The number of aliphatic carboxylic acids is 1. The Hall–Kier alpha value is -2.36. The Morgan fingerprint density at radius 3 is 2.71 bits per heavy atom. The quantitative estimate of drug-likeness (QED) is 0.901. The van der Waals surface area contributed by atoms with Crippen molar-refractivity contribution >= 4 is 5.97 Å². The maximum absolute atomic E-state index is 13.5. The topological polar surface area (TPSA) is 46.5 Å². The summed E-state index contributed by atoms with van der Waals surface area (Å²) in [5, 5.41) is 8.88. The molecule has 0 aliphatic rings. The molecule has 21 heavy (non-hydrogen) atoms. The van der Waals surface area contributed by atoms with Gasteiger partial charge in [0.15, 0.2) is 0 Å². The summed E-state index contributed by atoms with van der Waals surface area (Å²) in [6.07, 6.45) is 0.0593. The van der Waals surface area contributed by atoms with Crippen molar-refractivity contribution in [3.8, 4) is 16.9 Å². The van der Waals surface area contributed by atoms with Crippen LogP contribution >= 0.6 is 0 Å². The first-order valence-corrected chi connectivity index (χ1v) is 6.67. The van der Waals surface area contributed by atoms with Crippen LogP contribution in [0.25, 0.3) is 11.1 Å². The number of halogens is 1. The van der Waals surface area contributed by atoms with Crippen LogP contribution in [0.4, 0.5) is 4.39 Å². The predicted octanol–water partition coefficient (Wildman–Crippen LogP) is 4.08. The highest BCUT2D eigenvalue weighted by atomic mass is 19.1. The van der Waals surface area contributed by atoms with E-state index in [4.69, 9.17) is 9.84 Å². The number of carboxylic acids is 1. The number of rotatable bonds is 5. The Labute approximate surface area is 123 Å². The summed E-state index contributed by atoms with van der Waals surface area (Å²) in [4.78, 5) is 10.8. The Morgan fingerprint density at radius 2 is 2.05 bits per heavy atom. The van der Waals surface area contributed by atoms with Crippen molar-refractivity contribution in [3.63, 3.8) is 0 Å². The molecule has 110 valence electrons. The fourth-order valence-electron chi connectivity index (χ4n) is 2.30. The molecule has 0 aliphatic carbocycles. The summed E-state index contributed by atoms with van der Waals surface area (Å²) >= 11 is 0. The van der Waals surface area contributed by atoms with Crippen LogP contribution in [0.2, 0.25) is 0 Å². The van der Waals surface area contributed by atoms with Crippen LogP contribution in [0, 0.1) is 5.82 Å².